The third-order valence-corrected chi connectivity index (χ3v) is 15.8. The van der Waals surface area contributed by atoms with Gasteiger partial charge in [0.25, 0.3) is 0 Å². The van der Waals surface area contributed by atoms with Gasteiger partial charge in [0, 0.05) is 24.3 Å². The average Bonchev–Trinajstić information content (AvgIpc) is 0.842. The second-order valence-electron chi connectivity index (χ2n) is 24.6. The number of ether oxygens (including phenoxy) is 13. The maximum Gasteiger partial charge on any atom is 0.513 e. The standard InChI is InChI=1S/C48H52N2O12.C39H42O14/c1-4-45(51)58-30-12-8-6-10-28-56-40-21-16-37(17-22-40)35-60-62-44-27-18-38(32-43(44)48(54)55-3)34-50-49-33-36-14-23-42(24-15-36)61-47(53)39-19-25-41(26-20-39)57-29-11-7-9-13-31-59-46(52)5-2;1-4-35(40)45-22-8-6-7-9-24-47-38(43)50-31-16-12-29(13-17-31)27-49-53-33-20-21-34(28(3)26-33)52-37(42)30-14-18-32(19-15-30)51-39(44)48-25-11-10-23-46-36(41)5-2/h4-5,14-27,32-34H,1-2,6-13,28-31,35H2,3H3;4-5,12-21,26H,1-2,6-11,22-25,27H2,3H3/b49-33+,50-34+;. The van der Waals surface area contributed by atoms with Gasteiger partial charge in [0.05, 0.1) is 83.5 Å². The molecule has 28 heteroatoms. The Balaban J connectivity index is 0.000000362. The van der Waals surface area contributed by atoms with Crippen molar-refractivity contribution in [2.24, 2.45) is 10.2 Å². The number of carbonyl (C=O) groups excluding carboxylic acids is 9. The van der Waals surface area contributed by atoms with E-state index in [1.54, 1.807) is 116 Å². The maximum atomic E-state index is 12.7. The van der Waals surface area contributed by atoms with Crippen molar-refractivity contribution >= 4 is 66.5 Å². The Morgan fingerprint density at radius 2 is 0.678 bits per heavy atom. The summed E-state index contributed by atoms with van der Waals surface area (Å²) in [7, 11) is 1.27. The number of rotatable bonds is 50. The topological polar surface area (TPSA) is 335 Å². The van der Waals surface area contributed by atoms with E-state index in [1.807, 2.05) is 24.3 Å². The molecule has 0 aromatic heterocycles. The summed E-state index contributed by atoms with van der Waals surface area (Å²) in [5.74, 6) is -0.424. The van der Waals surface area contributed by atoms with Gasteiger partial charge in [-0.05, 0) is 258 Å². The summed E-state index contributed by atoms with van der Waals surface area (Å²) >= 11 is 0. The highest BCUT2D eigenvalue weighted by atomic mass is 17.2. The van der Waals surface area contributed by atoms with Crippen molar-refractivity contribution in [3.8, 4) is 46.0 Å². The molecule has 0 saturated heterocycles. The zero-order chi connectivity index (χ0) is 82.5. The first-order valence-electron chi connectivity index (χ1n) is 37.0. The van der Waals surface area contributed by atoms with Crippen molar-refractivity contribution in [1.82, 2.24) is 0 Å². The summed E-state index contributed by atoms with van der Waals surface area (Å²) in [5, 5.41) is 8.18. The fourth-order valence-electron chi connectivity index (χ4n) is 9.66. The predicted octanol–water partition coefficient (Wildman–Crippen LogP) is 16.5. The summed E-state index contributed by atoms with van der Waals surface area (Å²) in [6.07, 6.45) is 16.9. The Bertz CT molecular complexity index is 4310. The molecular formula is C87H94N2O26. The summed E-state index contributed by atoms with van der Waals surface area (Å²) in [6.45, 7) is 18.0. The second kappa shape index (κ2) is 53.6. The number of benzene rings is 7. The van der Waals surface area contributed by atoms with Crippen LogP contribution >= 0.6 is 0 Å². The summed E-state index contributed by atoms with van der Waals surface area (Å²) in [5.41, 5.74) is 4.23. The van der Waals surface area contributed by atoms with E-state index in [1.165, 1.54) is 43.8 Å². The van der Waals surface area contributed by atoms with Gasteiger partial charge in [0.1, 0.15) is 53.3 Å². The van der Waals surface area contributed by atoms with E-state index >= 15 is 0 Å². The summed E-state index contributed by atoms with van der Waals surface area (Å²) in [4.78, 5) is 128. The molecular weight excluding hydrogens is 1490 g/mol. The Hall–Kier alpha value is -13.2. The lowest BCUT2D eigenvalue weighted by Gasteiger charge is -2.11. The molecule has 0 spiro atoms. The van der Waals surface area contributed by atoms with Crippen LogP contribution in [-0.2, 0) is 75.3 Å². The van der Waals surface area contributed by atoms with Crippen molar-refractivity contribution < 1.29 is 124 Å². The van der Waals surface area contributed by atoms with E-state index < -0.39 is 54.1 Å². The molecule has 608 valence electrons. The summed E-state index contributed by atoms with van der Waals surface area (Å²) in [6, 6.07) is 42.9. The lowest BCUT2D eigenvalue weighted by molar-refractivity contribution is -0.217. The smallest absolute Gasteiger partial charge is 0.494 e. The number of aryl methyl sites for hydroxylation is 1. The van der Waals surface area contributed by atoms with E-state index in [0.29, 0.717) is 103 Å². The third kappa shape index (κ3) is 37.6. The molecule has 28 nitrogen and oxygen atoms in total. The van der Waals surface area contributed by atoms with Crippen molar-refractivity contribution in [1.29, 1.82) is 0 Å². The first-order valence-corrected chi connectivity index (χ1v) is 37.0. The minimum atomic E-state index is -0.907. The van der Waals surface area contributed by atoms with Gasteiger partial charge in [0.15, 0.2) is 11.5 Å². The molecule has 0 atom stereocenters. The number of nitrogens with zero attached hydrogens (tertiary/aromatic N) is 2. The molecule has 0 radical (unpaired) electrons. The lowest BCUT2D eigenvalue weighted by Crippen LogP contribution is -2.13. The highest BCUT2D eigenvalue weighted by Crippen LogP contribution is 2.27. The van der Waals surface area contributed by atoms with Crippen molar-refractivity contribution in [2.45, 2.75) is 110 Å². The number of carbonyl (C=O) groups is 9. The highest BCUT2D eigenvalue weighted by Gasteiger charge is 2.18. The van der Waals surface area contributed by atoms with E-state index in [4.69, 9.17) is 81.1 Å². The Kier molecular flexibility index (Phi) is 42.3. The molecule has 0 N–H and O–H groups in total. The van der Waals surface area contributed by atoms with Crippen molar-refractivity contribution in [2.75, 3.05) is 60.0 Å². The number of esters is 7. The monoisotopic (exact) mass is 1580 g/mol. The molecule has 7 aromatic rings. The Morgan fingerprint density at radius 1 is 0.330 bits per heavy atom. The largest absolute Gasteiger partial charge is 0.513 e. The normalized spacial score (nSPS) is 10.6. The minimum absolute atomic E-state index is 0.0826. The second-order valence-corrected chi connectivity index (χ2v) is 24.6. The van der Waals surface area contributed by atoms with Gasteiger partial charge in [-0.1, -0.05) is 50.6 Å². The van der Waals surface area contributed by atoms with Crippen molar-refractivity contribution in [3.63, 3.8) is 0 Å². The van der Waals surface area contributed by atoms with Gasteiger partial charge < -0.3 is 71.4 Å². The van der Waals surface area contributed by atoms with E-state index in [9.17, 15) is 43.2 Å². The highest BCUT2D eigenvalue weighted by molar-refractivity contribution is 5.95. The Morgan fingerprint density at radius 3 is 1.12 bits per heavy atom. The zero-order valence-corrected chi connectivity index (χ0v) is 64.3. The minimum Gasteiger partial charge on any atom is -0.494 e. The van der Waals surface area contributed by atoms with Crippen molar-refractivity contribution in [3.05, 3.63) is 253 Å². The SMILES string of the molecule is C=CC(=O)OCCCCCCOC(=O)Oc1ccc(COOc2ccc(OC(=O)c3ccc(OC(=O)OCCCCOC(=O)C=C)cc3)c(C)c2)cc1.C=CC(=O)OCCCCCCOc1ccc(COOc2ccc(/C=N/N=C/c3ccc(OC(=O)c4ccc(OCCCCCCOC(=O)C=C)cc4)cc3)cc2C(=O)OC)cc1. The fraction of sp³-hybridized carbons (Fsp3) is 0.299. The van der Waals surface area contributed by atoms with Gasteiger partial charge in [-0.25, -0.2) is 43.2 Å². The lowest BCUT2D eigenvalue weighted by atomic mass is 10.1. The van der Waals surface area contributed by atoms with Crippen LogP contribution < -0.4 is 38.2 Å². The number of hydrogen-bond donors (Lipinski definition) is 0. The fourth-order valence-corrected chi connectivity index (χ4v) is 9.66. The number of methoxy groups -OCH3 is 1. The van der Waals surface area contributed by atoms with E-state index in [-0.39, 0.29) is 55.7 Å². The molecule has 0 saturated carbocycles. The first-order chi connectivity index (χ1) is 55.9. The van der Waals surface area contributed by atoms with Crippen LogP contribution in [0.15, 0.2) is 219 Å². The molecule has 0 aliphatic rings. The third-order valence-electron chi connectivity index (χ3n) is 15.8. The molecule has 0 aliphatic heterocycles. The molecule has 0 fully saturated rings. The van der Waals surface area contributed by atoms with E-state index in [0.717, 1.165) is 112 Å². The van der Waals surface area contributed by atoms with Crippen LogP contribution in [0.1, 0.15) is 149 Å². The van der Waals surface area contributed by atoms with Crippen LogP contribution in [0.3, 0.4) is 0 Å². The van der Waals surface area contributed by atoms with Crippen LogP contribution in [0.5, 0.6) is 46.0 Å². The first kappa shape index (κ1) is 90.7. The van der Waals surface area contributed by atoms with Crippen LogP contribution in [-0.4, -0.2) is 126 Å². The maximum absolute atomic E-state index is 12.7. The van der Waals surface area contributed by atoms with Gasteiger partial charge >= 0.3 is 54.1 Å². The van der Waals surface area contributed by atoms with Gasteiger partial charge in [-0.3, -0.25) is 0 Å². The molecule has 7 rings (SSSR count). The zero-order valence-electron chi connectivity index (χ0n) is 64.3. The Labute approximate surface area is 666 Å². The average molecular weight is 1580 g/mol. The molecule has 0 bridgehead atoms. The van der Waals surface area contributed by atoms with Crippen LogP contribution in [0.4, 0.5) is 9.59 Å². The quantitative estimate of drug-likeness (QED) is 0.00393. The molecule has 115 heavy (non-hydrogen) atoms. The molecule has 0 unspecified atom stereocenters. The molecule has 0 amide bonds. The molecule has 7 aromatic carbocycles. The van der Waals surface area contributed by atoms with Gasteiger partial charge in [-0.15, -0.1) is 0 Å². The summed E-state index contributed by atoms with van der Waals surface area (Å²) < 4.78 is 67.6. The molecule has 0 heterocycles. The van der Waals surface area contributed by atoms with Crippen LogP contribution in [0.2, 0.25) is 0 Å². The molecule has 0 aliphatic carbocycles. The van der Waals surface area contributed by atoms with Crippen LogP contribution in [0, 0.1) is 6.92 Å². The van der Waals surface area contributed by atoms with Gasteiger partial charge in [0.2, 0.25) is 0 Å². The van der Waals surface area contributed by atoms with Gasteiger partial charge in [-0.2, -0.15) is 20.0 Å². The number of unbranched alkanes of at least 4 members (excludes halogenated alkanes) is 10. The van der Waals surface area contributed by atoms with E-state index in [2.05, 4.69) is 36.5 Å². The predicted molar refractivity (Wildman–Crippen MR) is 421 cm³/mol. The van der Waals surface area contributed by atoms with Crippen LogP contribution in [0.25, 0.3) is 0 Å². The number of hydrogen-bond acceptors (Lipinski definition) is 28.